The zero-order valence-electron chi connectivity index (χ0n) is 10.1. The molecule has 0 aliphatic heterocycles. The van der Waals surface area contributed by atoms with E-state index in [9.17, 15) is 0 Å². The van der Waals surface area contributed by atoms with Gasteiger partial charge in [-0.1, -0.05) is 13.3 Å². The SMILES string of the molecule is CCCCNc1cc(NC2CC2)nc(C)n1. The molecule has 0 unspecified atom stereocenters. The Bertz CT molecular complexity index is 347. The van der Waals surface area contributed by atoms with E-state index in [0.717, 1.165) is 24.0 Å². The third kappa shape index (κ3) is 3.36. The number of anilines is 2. The van der Waals surface area contributed by atoms with Crippen LogP contribution in [0, 0.1) is 6.92 Å². The molecule has 1 aromatic heterocycles. The second kappa shape index (κ2) is 5.14. The average Bonchev–Trinajstić information content (AvgIpc) is 3.01. The monoisotopic (exact) mass is 220 g/mol. The minimum absolute atomic E-state index is 0.637. The predicted molar refractivity (Wildman–Crippen MR) is 66.8 cm³/mol. The maximum Gasteiger partial charge on any atom is 0.132 e. The second-order valence-corrected chi connectivity index (χ2v) is 4.38. The standard InChI is InChI=1S/C12H20N4/c1-3-4-7-13-11-8-12(15-9(2)14-11)16-10-5-6-10/h8,10H,3-7H2,1-2H3,(H2,13,14,15,16). The first kappa shape index (κ1) is 11.2. The van der Waals surface area contributed by atoms with E-state index >= 15 is 0 Å². The summed E-state index contributed by atoms with van der Waals surface area (Å²) < 4.78 is 0. The summed E-state index contributed by atoms with van der Waals surface area (Å²) in [6.45, 7) is 5.10. The first-order chi connectivity index (χ1) is 7.78. The fraction of sp³-hybridized carbons (Fsp3) is 0.667. The van der Waals surface area contributed by atoms with Gasteiger partial charge in [0.25, 0.3) is 0 Å². The van der Waals surface area contributed by atoms with Crippen LogP contribution in [-0.4, -0.2) is 22.6 Å². The zero-order chi connectivity index (χ0) is 11.4. The number of aromatic nitrogens is 2. The Hall–Kier alpha value is -1.32. The molecule has 0 spiro atoms. The van der Waals surface area contributed by atoms with Gasteiger partial charge in [-0.2, -0.15) is 0 Å². The van der Waals surface area contributed by atoms with Crippen molar-refractivity contribution in [1.29, 1.82) is 0 Å². The molecule has 4 heteroatoms. The van der Waals surface area contributed by atoms with E-state index in [1.54, 1.807) is 0 Å². The van der Waals surface area contributed by atoms with Crippen molar-refractivity contribution in [3.05, 3.63) is 11.9 Å². The summed E-state index contributed by atoms with van der Waals surface area (Å²) in [6, 6.07) is 2.64. The summed E-state index contributed by atoms with van der Waals surface area (Å²) in [6.07, 6.45) is 4.90. The van der Waals surface area contributed by atoms with Crippen molar-refractivity contribution in [2.24, 2.45) is 0 Å². The van der Waals surface area contributed by atoms with Crippen LogP contribution in [0.4, 0.5) is 11.6 Å². The summed E-state index contributed by atoms with van der Waals surface area (Å²) in [5, 5.41) is 6.73. The Morgan fingerprint density at radius 2 is 2.06 bits per heavy atom. The van der Waals surface area contributed by atoms with Gasteiger partial charge in [0.2, 0.25) is 0 Å². The highest BCUT2D eigenvalue weighted by Gasteiger charge is 2.21. The number of hydrogen-bond acceptors (Lipinski definition) is 4. The van der Waals surface area contributed by atoms with Crippen molar-refractivity contribution in [1.82, 2.24) is 9.97 Å². The molecule has 0 atom stereocenters. The second-order valence-electron chi connectivity index (χ2n) is 4.38. The normalized spacial score (nSPS) is 14.9. The molecular weight excluding hydrogens is 200 g/mol. The van der Waals surface area contributed by atoms with Crippen LogP contribution >= 0.6 is 0 Å². The van der Waals surface area contributed by atoms with Crippen LogP contribution in [0.5, 0.6) is 0 Å². The lowest BCUT2D eigenvalue weighted by atomic mass is 10.3. The minimum Gasteiger partial charge on any atom is -0.370 e. The van der Waals surface area contributed by atoms with Gasteiger partial charge in [0.05, 0.1) is 0 Å². The Balaban J connectivity index is 1.96. The first-order valence-electron chi connectivity index (χ1n) is 6.14. The summed E-state index contributed by atoms with van der Waals surface area (Å²) in [5.74, 6) is 2.71. The van der Waals surface area contributed by atoms with Crippen LogP contribution in [0.1, 0.15) is 38.4 Å². The minimum atomic E-state index is 0.637. The molecule has 0 saturated heterocycles. The lowest BCUT2D eigenvalue weighted by molar-refractivity contribution is 0.829. The number of nitrogens with zero attached hydrogens (tertiary/aromatic N) is 2. The van der Waals surface area contributed by atoms with Crippen molar-refractivity contribution >= 4 is 11.6 Å². The molecule has 2 N–H and O–H groups in total. The highest BCUT2D eigenvalue weighted by atomic mass is 15.1. The number of rotatable bonds is 6. The molecule has 0 amide bonds. The Morgan fingerprint density at radius 1 is 1.31 bits per heavy atom. The third-order valence-electron chi connectivity index (χ3n) is 2.60. The van der Waals surface area contributed by atoms with E-state index in [1.807, 2.05) is 13.0 Å². The molecular formula is C12H20N4. The smallest absolute Gasteiger partial charge is 0.132 e. The topological polar surface area (TPSA) is 49.8 Å². The highest BCUT2D eigenvalue weighted by Crippen LogP contribution is 2.24. The van der Waals surface area contributed by atoms with E-state index in [2.05, 4.69) is 27.5 Å². The van der Waals surface area contributed by atoms with Crippen LogP contribution in [0.15, 0.2) is 6.07 Å². The van der Waals surface area contributed by atoms with Crippen LogP contribution in [-0.2, 0) is 0 Å². The number of nitrogens with one attached hydrogen (secondary N) is 2. The van der Waals surface area contributed by atoms with Crippen molar-refractivity contribution in [2.75, 3.05) is 17.2 Å². The third-order valence-corrected chi connectivity index (χ3v) is 2.60. The molecule has 1 aliphatic carbocycles. The van der Waals surface area contributed by atoms with Gasteiger partial charge in [0, 0.05) is 18.7 Å². The van der Waals surface area contributed by atoms with E-state index in [-0.39, 0.29) is 0 Å². The molecule has 0 radical (unpaired) electrons. The predicted octanol–water partition coefficient (Wildman–Crippen LogP) is 2.57. The summed E-state index contributed by atoms with van der Waals surface area (Å²) in [7, 11) is 0. The number of aryl methyl sites for hydroxylation is 1. The Morgan fingerprint density at radius 3 is 2.75 bits per heavy atom. The van der Waals surface area contributed by atoms with Crippen molar-refractivity contribution < 1.29 is 0 Å². The first-order valence-corrected chi connectivity index (χ1v) is 6.14. The Kier molecular flexibility index (Phi) is 3.59. The van der Waals surface area contributed by atoms with Crippen LogP contribution < -0.4 is 10.6 Å². The van der Waals surface area contributed by atoms with Gasteiger partial charge in [-0.15, -0.1) is 0 Å². The summed E-state index contributed by atoms with van der Waals surface area (Å²) >= 11 is 0. The average molecular weight is 220 g/mol. The maximum absolute atomic E-state index is 4.38. The van der Waals surface area contributed by atoms with Crippen molar-refractivity contribution in [3.8, 4) is 0 Å². The molecule has 0 aromatic carbocycles. The molecule has 16 heavy (non-hydrogen) atoms. The highest BCUT2D eigenvalue weighted by molar-refractivity contribution is 5.48. The molecule has 1 aliphatic rings. The van der Waals surface area contributed by atoms with E-state index in [1.165, 1.54) is 25.7 Å². The molecule has 1 heterocycles. The summed E-state index contributed by atoms with van der Waals surface area (Å²) in [4.78, 5) is 8.75. The van der Waals surface area contributed by atoms with E-state index in [4.69, 9.17) is 0 Å². The fourth-order valence-corrected chi connectivity index (χ4v) is 1.56. The fourth-order valence-electron chi connectivity index (χ4n) is 1.56. The van der Waals surface area contributed by atoms with Gasteiger partial charge in [-0.3, -0.25) is 0 Å². The van der Waals surface area contributed by atoms with Crippen LogP contribution in [0.2, 0.25) is 0 Å². The largest absolute Gasteiger partial charge is 0.370 e. The molecule has 4 nitrogen and oxygen atoms in total. The molecule has 2 rings (SSSR count). The van der Waals surface area contributed by atoms with E-state index < -0.39 is 0 Å². The quantitative estimate of drug-likeness (QED) is 0.723. The maximum atomic E-state index is 4.38. The number of hydrogen-bond donors (Lipinski definition) is 2. The van der Waals surface area contributed by atoms with Crippen LogP contribution in [0.25, 0.3) is 0 Å². The molecule has 1 saturated carbocycles. The lowest BCUT2D eigenvalue weighted by Crippen LogP contribution is -2.08. The Labute approximate surface area is 96.9 Å². The van der Waals surface area contributed by atoms with Gasteiger partial charge < -0.3 is 10.6 Å². The van der Waals surface area contributed by atoms with Gasteiger partial charge in [0.1, 0.15) is 17.5 Å². The number of unbranched alkanes of at least 4 members (excludes halogenated alkanes) is 1. The van der Waals surface area contributed by atoms with Gasteiger partial charge in [0.15, 0.2) is 0 Å². The van der Waals surface area contributed by atoms with Crippen molar-refractivity contribution in [3.63, 3.8) is 0 Å². The van der Waals surface area contributed by atoms with Crippen molar-refractivity contribution in [2.45, 2.75) is 45.6 Å². The lowest BCUT2D eigenvalue weighted by Gasteiger charge is -2.09. The van der Waals surface area contributed by atoms with Gasteiger partial charge >= 0.3 is 0 Å². The van der Waals surface area contributed by atoms with Gasteiger partial charge in [-0.25, -0.2) is 9.97 Å². The molecule has 1 aromatic rings. The van der Waals surface area contributed by atoms with E-state index in [0.29, 0.717) is 6.04 Å². The molecule has 0 bridgehead atoms. The van der Waals surface area contributed by atoms with Crippen LogP contribution in [0.3, 0.4) is 0 Å². The summed E-state index contributed by atoms with van der Waals surface area (Å²) in [5.41, 5.74) is 0. The molecule has 1 fully saturated rings. The van der Waals surface area contributed by atoms with Gasteiger partial charge in [-0.05, 0) is 26.2 Å². The molecule has 88 valence electrons. The zero-order valence-corrected chi connectivity index (χ0v) is 10.1.